The van der Waals surface area contributed by atoms with Crippen LogP contribution in [0.2, 0.25) is 14.9 Å². The van der Waals surface area contributed by atoms with Gasteiger partial charge >= 0.3 is 77.9 Å². The van der Waals surface area contributed by atoms with E-state index in [1.165, 1.54) is 19.3 Å². The van der Waals surface area contributed by atoms with Gasteiger partial charge in [0, 0.05) is 0 Å². The van der Waals surface area contributed by atoms with Gasteiger partial charge in [-0.1, -0.05) is 0 Å². The Balaban J connectivity index is 3.58. The van der Waals surface area contributed by atoms with Crippen LogP contribution in [0, 0.1) is 0 Å². The number of rotatable bonds is 5. The molecule has 0 aromatic rings. The third-order valence-corrected chi connectivity index (χ3v) is 9.96. The summed E-state index contributed by atoms with van der Waals surface area (Å²) < 4.78 is 0.760. The Labute approximate surface area is 77.9 Å². The van der Waals surface area contributed by atoms with Crippen LogP contribution in [0.3, 0.4) is 0 Å². The molecule has 0 saturated carbocycles. The van der Waals surface area contributed by atoms with Crippen LogP contribution in [0.4, 0.5) is 0 Å². The molecular formula is C8H18Se2. The molecule has 0 amide bonds. The van der Waals surface area contributed by atoms with Gasteiger partial charge in [-0.05, 0) is 0 Å². The van der Waals surface area contributed by atoms with Crippen LogP contribution in [0.25, 0.3) is 0 Å². The van der Waals surface area contributed by atoms with E-state index < -0.39 is 0 Å². The number of unbranched alkanes of at least 4 members (excludes halogenated alkanes) is 1. The predicted molar refractivity (Wildman–Crippen MR) is 51.1 cm³/mol. The molecule has 10 heavy (non-hydrogen) atoms. The SMILES string of the molecule is CCCCC(C)([Se]C)[Se]C. The Morgan fingerprint density at radius 3 is 2.00 bits per heavy atom. The Kier molecular flexibility index (Phi) is 6.25. The zero-order valence-corrected chi connectivity index (χ0v) is 10.9. The average Bonchev–Trinajstić information content (AvgIpc) is 2.00. The van der Waals surface area contributed by atoms with Crippen molar-refractivity contribution in [3.05, 3.63) is 0 Å². The molecule has 0 atom stereocenters. The number of hydrogen-bond donors (Lipinski definition) is 0. The molecule has 0 saturated heterocycles. The van der Waals surface area contributed by atoms with E-state index in [0.717, 1.165) is 33.1 Å². The summed E-state index contributed by atoms with van der Waals surface area (Å²) in [6, 6.07) is 0. The van der Waals surface area contributed by atoms with Gasteiger partial charge in [0.1, 0.15) is 0 Å². The first-order valence-electron chi connectivity index (χ1n) is 3.79. The standard InChI is InChI=1S/C8H18Se2/c1-5-6-7-8(2,9-3)10-4/h5-7H2,1-4H3. The minimum absolute atomic E-state index is 0.760. The molecule has 0 aromatic heterocycles. The van der Waals surface area contributed by atoms with Gasteiger partial charge in [0.15, 0.2) is 0 Å². The van der Waals surface area contributed by atoms with Crippen molar-refractivity contribution in [3.8, 4) is 0 Å². The summed E-state index contributed by atoms with van der Waals surface area (Å²) >= 11 is 1.72. The Bertz CT molecular complexity index is 77.3. The molecule has 62 valence electrons. The van der Waals surface area contributed by atoms with Crippen LogP contribution in [0.5, 0.6) is 0 Å². The van der Waals surface area contributed by atoms with Gasteiger partial charge in [-0.2, -0.15) is 0 Å². The summed E-state index contributed by atoms with van der Waals surface area (Å²) in [6.07, 6.45) is 4.26. The topological polar surface area (TPSA) is 0 Å². The molecule has 0 fully saturated rings. The van der Waals surface area contributed by atoms with Crippen LogP contribution < -0.4 is 0 Å². The maximum atomic E-state index is 2.46. The van der Waals surface area contributed by atoms with Crippen LogP contribution >= 0.6 is 0 Å². The second-order valence-corrected chi connectivity index (χ2v) is 9.45. The summed E-state index contributed by atoms with van der Waals surface area (Å²) in [7, 11) is 0. The molecule has 0 aromatic carbocycles. The van der Waals surface area contributed by atoms with Crippen molar-refractivity contribution in [1.82, 2.24) is 0 Å². The first kappa shape index (κ1) is 11.0. The van der Waals surface area contributed by atoms with Gasteiger partial charge in [0.2, 0.25) is 0 Å². The van der Waals surface area contributed by atoms with E-state index in [9.17, 15) is 0 Å². The van der Waals surface area contributed by atoms with E-state index in [1.54, 1.807) is 0 Å². The van der Waals surface area contributed by atoms with Crippen molar-refractivity contribution in [2.45, 2.75) is 48.0 Å². The molecule has 0 aliphatic rings. The zero-order chi connectivity index (χ0) is 8.04. The van der Waals surface area contributed by atoms with Crippen molar-refractivity contribution in [3.63, 3.8) is 0 Å². The fourth-order valence-electron chi connectivity index (χ4n) is 0.785. The molecule has 0 rings (SSSR count). The molecule has 0 nitrogen and oxygen atoms in total. The normalized spacial score (nSPS) is 12.0. The molecule has 0 spiro atoms. The second-order valence-electron chi connectivity index (χ2n) is 2.65. The molecule has 0 bridgehead atoms. The van der Waals surface area contributed by atoms with Gasteiger partial charge in [-0.3, -0.25) is 0 Å². The molecule has 0 N–H and O–H groups in total. The van der Waals surface area contributed by atoms with Gasteiger partial charge in [0.25, 0.3) is 0 Å². The molecule has 2 heteroatoms. The summed E-state index contributed by atoms with van der Waals surface area (Å²) in [5, 5.41) is 0. The summed E-state index contributed by atoms with van der Waals surface area (Å²) in [5.41, 5.74) is 0. The minimum atomic E-state index is 0.760. The van der Waals surface area contributed by atoms with E-state index in [2.05, 4.69) is 25.5 Å². The number of hydrogen-bond acceptors (Lipinski definition) is 0. The van der Waals surface area contributed by atoms with Crippen molar-refractivity contribution in [1.29, 1.82) is 0 Å². The molecule has 0 unspecified atom stereocenters. The predicted octanol–water partition coefficient (Wildman–Crippen LogP) is 2.82. The Morgan fingerprint density at radius 2 is 1.70 bits per heavy atom. The molecule has 0 heterocycles. The third kappa shape index (κ3) is 4.03. The average molecular weight is 272 g/mol. The monoisotopic (exact) mass is 274 g/mol. The van der Waals surface area contributed by atoms with Crippen LogP contribution in [-0.2, 0) is 0 Å². The zero-order valence-electron chi connectivity index (χ0n) is 7.44. The van der Waals surface area contributed by atoms with Crippen molar-refractivity contribution >= 4 is 29.9 Å². The van der Waals surface area contributed by atoms with Crippen LogP contribution in [0.15, 0.2) is 0 Å². The van der Waals surface area contributed by atoms with E-state index in [0.29, 0.717) is 0 Å². The maximum absolute atomic E-state index is 2.46. The molecule has 0 aliphatic carbocycles. The van der Waals surface area contributed by atoms with E-state index in [-0.39, 0.29) is 0 Å². The summed E-state index contributed by atoms with van der Waals surface area (Å²) in [6.45, 7) is 4.74. The van der Waals surface area contributed by atoms with Crippen LogP contribution in [0.1, 0.15) is 33.1 Å². The van der Waals surface area contributed by atoms with Gasteiger partial charge in [0.05, 0.1) is 0 Å². The second kappa shape index (κ2) is 5.66. The summed E-state index contributed by atoms with van der Waals surface area (Å²) in [5.74, 6) is 4.77. The van der Waals surface area contributed by atoms with Gasteiger partial charge in [-0.15, -0.1) is 0 Å². The molecule has 0 radical (unpaired) electrons. The van der Waals surface area contributed by atoms with Crippen LogP contribution in [-0.4, -0.2) is 29.9 Å². The van der Waals surface area contributed by atoms with Crippen molar-refractivity contribution in [2.24, 2.45) is 0 Å². The fraction of sp³-hybridized carbons (Fsp3) is 1.00. The summed E-state index contributed by atoms with van der Waals surface area (Å²) in [4.78, 5) is 0. The molecule has 0 aliphatic heterocycles. The first-order valence-corrected chi connectivity index (χ1v) is 8.92. The fourth-order valence-corrected chi connectivity index (χ4v) is 4.41. The van der Waals surface area contributed by atoms with E-state index in [4.69, 9.17) is 0 Å². The molecular weight excluding hydrogens is 254 g/mol. The Morgan fingerprint density at radius 1 is 1.20 bits per heavy atom. The Hall–Kier alpha value is 1.04. The van der Waals surface area contributed by atoms with Crippen molar-refractivity contribution < 1.29 is 0 Å². The first-order chi connectivity index (χ1) is 4.68. The third-order valence-electron chi connectivity index (χ3n) is 1.85. The van der Waals surface area contributed by atoms with Crippen molar-refractivity contribution in [2.75, 3.05) is 0 Å². The van der Waals surface area contributed by atoms with E-state index >= 15 is 0 Å². The van der Waals surface area contributed by atoms with Gasteiger partial charge < -0.3 is 0 Å². The quantitative estimate of drug-likeness (QED) is 0.675. The van der Waals surface area contributed by atoms with Gasteiger partial charge in [-0.25, -0.2) is 0 Å². The van der Waals surface area contributed by atoms with E-state index in [1.807, 2.05) is 0 Å².